The lowest BCUT2D eigenvalue weighted by molar-refractivity contribution is -0.122. The average molecular weight is 214 g/mol. The van der Waals surface area contributed by atoms with Crippen molar-refractivity contribution in [3.63, 3.8) is 0 Å². The quantitative estimate of drug-likeness (QED) is 0.405. The highest BCUT2D eigenvalue weighted by Crippen LogP contribution is 1.94. The van der Waals surface area contributed by atoms with Crippen molar-refractivity contribution in [3.8, 4) is 0 Å². The van der Waals surface area contributed by atoms with E-state index in [1.54, 1.807) is 13.0 Å². The molecule has 0 spiro atoms. The lowest BCUT2D eigenvalue weighted by Crippen LogP contribution is -2.42. The summed E-state index contributed by atoms with van der Waals surface area (Å²) in [5.41, 5.74) is 0. The van der Waals surface area contributed by atoms with Gasteiger partial charge in [-0.2, -0.15) is 0 Å². The van der Waals surface area contributed by atoms with Gasteiger partial charge in [-0.05, 0) is 33.2 Å². The number of rotatable bonds is 8. The van der Waals surface area contributed by atoms with E-state index in [1.165, 1.54) is 0 Å². The number of amides is 1. The van der Waals surface area contributed by atoms with Crippen molar-refractivity contribution in [2.75, 3.05) is 13.1 Å². The van der Waals surface area contributed by atoms with E-state index in [1.807, 2.05) is 6.92 Å². The Bertz CT molecular complexity index is 193. The third kappa shape index (κ3) is 8.15. The Morgan fingerprint density at radius 3 is 2.73 bits per heavy atom. The number of hydrogen-bond acceptors (Lipinski definition) is 3. The van der Waals surface area contributed by atoms with Crippen molar-refractivity contribution < 1.29 is 9.90 Å². The largest absolute Gasteiger partial charge is 0.393 e. The molecular formula is C11H22N2O2. The van der Waals surface area contributed by atoms with Crippen LogP contribution >= 0.6 is 0 Å². The fourth-order valence-corrected chi connectivity index (χ4v) is 1.13. The minimum atomic E-state index is -0.267. The van der Waals surface area contributed by atoms with Crippen molar-refractivity contribution >= 4 is 5.91 Å². The molecule has 15 heavy (non-hydrogen) atoms. The van der Waals surface area contributed by atoms with E-state index in [0.29, 0.717) is 6.54 Å². The number of aliphatic hydroxyl groups excluding tert-OH is 1. The molecule has 0 aliphatic carbocycles. The topological polar surface area (TPSA) is 61.4 Å². The minimum absolute atomic E-state index is 0.0213. The van der Waals surface area contributed by atoms with Crippen LogP contribution in [0.5, 0.6) is 0 Å². The maximum Gasteiger partial charge on any atom is 0.237 e. The van der Waals surface area contributed by atoms with Gasteiger partial charge >= 0.3 is 0 Å². The number of carbonyl (C=O) groups is 1. The molecule has 1 amide bonds. The summed E-state index contributed by atoms with van der Waals surface area (Å²) in [5.74, 6) is -0.0213. The van der Waals surface area contributed by atoms with E-state index in [4.69, 9.17) is 5.11 Å². The summed E-state index contributed by atoms with van der Waals surface area (Å²) in [4.78, 5) is 11.4. The Hall–Kier alpha value is -0.870. The molecule has 3 N–H and O–H groups in total. The maximum atomic E-state index is 11.4. The van der Waals surface area contributed by atoms with Crippen LogP contribution in [0, 0.1) is 0 Å². The smallest absolute Gasteiger partial charge is 0.237 e. The molecule has 0 aromatic rings. The molecule has 0 saturated heterocycles. The molecule has 4 nitrogen and oxygen atoms in total. The van der Waals surface area contributed by atoms with Gasteiger partial charge in [0.05, 0.1) is 12.1 Å². The number of nitrogens with one attached hydrogen (secondary N) is 2. The fraction of sp³-hybridized carbons (Fsp3) is 0.727. The van der Waals surface area contributed by atoms with E-state index in [0.717, 1.165) is 19.4 Å². The van der Waals surface area contributed by atoms with Gasteiger partial charge in [0.25, 0.3) is 0 Å². The van der Waals surface area contributed by atoms with Gasteiger partial charge in [0.2, 0.25) is 5.91 Å². The van der Waals surface area contributed by atoms with E-state index in [9.17, 15) is 4.79 Å². The molecule has 0 heterocycles. The molecule has 0 aliphatic heterocycles. The Morgan fingerprint density at radius 1 is 1.53 bits per heavy atom. The summed E-state index contributed by atoms with van der Waals surface area (Å²) in [7, 11) is 0. The highest BCUT2D eigenvalue weighted by Gasteiger charge is 2.09. The zero-order valence-electron chi connectivity index (χ0n) is 9.62. The number of aliphatic hydroxyl groups is 1. The molecule has 0 fully saturated rings. The average Bonchev–Trinajstić information content (AvgIpc) is 2.20. The molecular weight excluding hydrogens is 192 g/mol. The van der Waals surface area contributed by atoms with Gasteiger partial charge in [-0.3, -0.25) is 4.79 Å². The van der Waals surface area contributed by atoms with E-state index < -0.39 is 0 Å². The van der Waals surface area contributed by atoms with Gasteiger partial charge in [0.1, 0.15) is 0 Å². The first-order valence-electron chi connectivity index (χ1n) is 5.38. The Labute approximate surface area is 91.8 Å². The van der Waals surface area contributed by atoms with Crippen molar-refractivity contribution in [1.82, 2.24) is 10.6 Å². The zero-order valence-corrected chi connectivity index (χ0v) is 9.62. The third-order valence-electron chi connectivity index (χ3n) is 2.06. The van der Waals surface area contributed by atoms with Crippen LogP contribution in [-0.2, 0) is 4.79 Å². The molecule has 0 aromatic heterocycles. The molecule has 0 saturated carbocycles. The van der Waals surface area contributed by atoms with E-state index in [2.05, 4.69) is 17.2 Å². The van der Waals surface area contributed by atoms with Crippen LogP contribution in [0.4, 0.5) is 0 Å². The lowest BCUT2D eigenvalue weighted by atomic mass is 10.2. The van der Waals surface area contributed by atoms with Crippen LogP contribution in [-0.4, -0.2) is 36.2 Å². The predicted octanol–water partition coefficient (Wildman–Crippen LogP) is 0.428. The first kappa shape index (κ1) is 14.1. The van der Waals surface area contributed by atoms with Crippen molar-refractivity contribution in [1.29, 1.82) is 0 Å². The summed E-state index contributed by atoms with van der Waals surface area (Å²) in [6.45, 7) is 8.35. The lowest BCUT2D eigenvalue weighted by Gasteiger charge is -2.13. The third-order valence-corrected chi connectivity index (χ3v) is 2.06. The number of hydrogen-bond donors (Lipinski definition) is 3. The van der Waals surface area contributed by atoms with E-state index in [-0.39, 0.29) is 18.1 Å². The first-order chi connectivity index (χ1) is 7.07. The Kier molecular flexibility index (Phi) is 7.95. The zero-order chi connectivity index (χ0) is 11.7. The Balaban J connectivity index is 3.50. The van der Waals surface area contributed by atoms with Crippen LogP contribution in [0.2, 0.25) is 0 Å². The second-order valence-corrected chi connectivity index (χ2v) is 3.70. The van der Waals surface area contributed by atoms with Crippen molar-refractivity contribution in [2.24, 2.45) is 0 Å². The fourth-order valence-electron chi connectivity index (χ4n) is 1.13. The normalized spacial score (nSPS) is 14.3. The monoisotopic (exact) mass is 214 g/mol. The molecule has 2 atom stereocenters. The van der Waals surface area contributed by atoms with Crippen LogP contribution in [0.25, 0.3) is 0 Å². The number of carbonyl (C=O) groups excluding carboxylic acids is 1. The van der Waals surface area contributed by atoms with Crippen LogP contribution < -0.4 is 10.6 Å². The van der Waals surface area contributed by atoms with Crippen LogP contribution in [0.1, 0.15) is 26.7 Å². The molecule has 0 rings (SSSR count). The second-order valence-electron chi connectivity index (χ2n) is 3.70. The van der Waals surface area contributed by atoms with Gasteiger partial charge in [0, 0.05) is 6.54 Å². The molecule has 2 unspecified atom stereocenters. The van der Waals surface area contributed by atoms with E-state index >= 15 is 0 Å². The summed E-state index contributed by atoms with van der Waals surface area (Å²) in [6, 6.07) is -0.195. The van der Waals surface area contributed by atoms with Gasteiger partial charge in [-0.25, -0.2) is 0 Å². The minimum Gasteiger partial charge on any atom is -0.393 e. The summed E-state index contributed by atoms with van der Waals surface area (Å²) in [6.07, 6.45) is 3.01. The standard InChI is InChI=1S/C11H22N2O2/c1-4-7-13-11(15)10(3)12-8-5-6-9(2)14/h4,9-10,12,14H,1,5-8H2,2-3H3,(H,13,15). The van der Waals surface area contributed by atoms with Crippen LogP contribution in [0.15, 0.2) is 12.7 Å². The summed E-state index contributed by atoms with van der Waals surface area (Å²) >= 11 is 0. The molecule has 88 valence electrons. The summed E-state index contributed by atoms with van der Waals surface area (Å²) in [5, 5.41) is 14.8. The predicted molar refractivity (Wildman–Crippen MR) is 61.6 cm³/mol. The first-order valence-corrected chi connectivity index (χ1v) is 5.38. The maximum absolute atomic E-state index is 11.4. The highest BCUT2D eigenvalue weighted by molar-refractivity contribution is 5.81. The van der Waals surface area contributed by atoms with Crippen molar-refractivity contribution in [2.45, 2.75) is 38.8 Å². The van der Waals surface area contributed by atoms with Crippen molar-refractivity contribution in [3.05, 3.63) is 12.7 Å². The SMILES string of the molecule is C=CCNC(=O)C(C)NCCCC(C)O. The molecule has 4 heteroatoms. The molecule has 0 bridgehead atoms. The van der Waals surface area contributed by atoms with Gasteiger partial charge in [-0.1, -0.05) is 6.08 Å². The van der Waals surface area contributed by atoms with Gasteiger partial charge in [-0.15, -0.1) is 6.58 Å². The van der Waals surface area contributed by atoms with Gasteiger partial charge < -0.3 is 15.7 Å². The molecule has 0 aromatic carbocycles. The van der Waals surface area contributed by atoms with Gasteiger partial charge in [0.15, 0.2) is 0 Å². The Morgan fingerprint density at radius 2 is 2.20 bits per heavy atom. The summed E-state index contributed by atoms with van der Waals surface area (Å²) < 4.78 is 0. The molecule has 0 radical (unpaired) electrons. The second kappa shape index (κ2) is 8.44. The highest BCUT2D eigenvalue weighted by atomic mass is 16.3. The van der Waals surface area contributed by atoms with Crippen LogP contribution in [0.3, 0.4) is 0 Å². The molecule has 0 aliphatic rings.